The molecule has 4 saturated carbocycles. The fourth-order valence-corrected chi connectivity index (χ4v) is 13.3. The van der Waals surface area contributed by atoms with E-state index >= 15 is 0 Å². The monoisotopic (exact) mass is 900 g/mol. The molecular weight excluding hydrogens is 832 g/mol. The molecule has 0 aromatic rings. The summed E-state index contributed by atoms with van der Waals surface area (Å²) in [6.45, 7) is 6.62. The molecule has 0 bridgehead atoms. The Kier molecular flexibility index (Phi) is 13.8. The van der Waals surface area contributed by atoms with Gasteiger partial charge in [-0.3, -0.25) is 4.79 Å². The number of hydrogen-bond acceptors (Lipinski definition) is 19. The van der Waals surface area contributed by atoms with Gasteiger partial charge in [-0.05, 0) is 99.4 Å². The van der Waals surface area contributed by atoms with Crippen LogP contribution in [0.5, 0.6) is 0 Å². The summed E-state index contributed by atoms with van der Waals surface area (Å²) in [4.78, 5) is 24.6. The van der Waals surface area contributed by atoms with Crippen molar-refractivity contribution in [1.82, 2.24) is 0 Å². The molecule has 8 rings (SSSR count). The van der Waals surface area contributed by atoms with Gasteiger partial charge in [-0.2, -0.15) is 0 Å². The van der Waals surface area contributed by atoms with E-state index in [2.05, 4.69) is 13.8 Å². The molecule has 4 aliphatic heterocycles. The minimum Gasteiger partial charge on any atom is -0.458 e. The van der Waals surface area contributed by atoms with Gasteiger partial charge in [0, 0.05) is 25.5 Å². The maximum Gasteiger partial charge on any atom is 0.331 e. The van der Waals surface area contributed by atoms with E-state index in [0.29, 0.717) is 31.3 Å². The normalized spacial score (nSPS) is 52.3. The van der Waals surface area contributed by atoms with E-state index in [1.165, 1.54) is 14.0 Å². The third-order valence-electron chi connectivity index (χ3n) is 16.8. The van der Waals surface area contributed by atoms with Crippen LogP contribution in [0.15, 0.2) is 11.6 Å². The lowest BCUT2D eigenvalue weighted by Gasteiger charge is -2.64. The second kappa shape index (κ2) is 18.3. The average molecular weight is 901 g/mol. The summed E-state index contributed by atoms with van der Waals surface area (Å²) >= 11 is 0. The highest BCUT2D eigenvalue weighted by molar-refractivity contribution is 5.85. The molecule has 23 unspecified atom stereocenters. The number of fused-ring (bicyclic) bond motifs is 5. The Balaban J connectivity index is 0.915. The quantitative estimate of drug-likeness (QED) is 0.0943. The number of cyclic esters (lactones) is 1. The molecule has 0 aromatic heterocycles. The van der Waals surface area contributed by atoms with Gasteiger partial charge in [0.05, 0.1) is 31.0 Å². The highest BCUT2D eigenvalue weighted by Crippen LogP contribution is 2.70. The lowest BCUT2D eigenvalue weighted by atomic mass is 9.43. The first kappa shape index (κ1) is 47.6. The lowest BCUT2D eigenvalue weighted by molar-refractivity contribution is -0.367. The molecule has 0 amide bonds. The summed E-state index contributed by atoms with van der Waals surface area (Å²) in [5, 5.41) is 85.6. The number of carbonyl (C=O) groups is 2. The number of carbonyl (C=O) groups excluding carboxylic acids is 2. The summed E-state index contributed by atoms with van der Waals surface area (Å²) in [5.41, 5.74) is -0.164. The Bertz CT molecular complexity index is 1680. The van der Waals surface area contributed by atoms with Gasteiger partial charge in [0.25, 0.3) is 0 Å². The van der Waals surface area contributed by atoms with E-state index < -0.39 is 117 Å². The molecule has 0 aromatic carbocycles. The van der Waals surface area contributed by atoms with Crippen molar-refractivity contribution >= 4 is 11.9 Å². The van der Waals surface area contributed by atoms with Crippen molar-refractivity contribution in [2.75, 3.05) is 26.9 Å². The van der Waals surface area contributed by atoms with E-state index in [0.717, 1.165) is 50.5 Å². The number of hydrogen-bond donors (Lipinski definition) is 8. The van der Waals surface area contributed by atoms with E-state index in [-0.39, 0.29) is 34.7 Å². The highest BCUT2D eigenvalue weighted by Gasteiger charge is 2.68. The number of esters is 2. The zero-order chi connectivity index (χ0) is 45.3. The molecule has 19 heteroatoms. The van der Waals surface area contributed by atoms with Crippen LogP contribution < -0.4 is 0 Å². The van der Waals surface area contributed by atoms with Crippen LogP contribution in [0.3, 0.4) is 0 Å². The molecule has 8 aliphatic rings. The molecule has 0 radical (unpaired) electrons. The summed E-state index contributed by atoms with van der Waals surface area (Å²) in [5.74, 6) is -0.00243. The zero-order valence-corrected chi connectivity index (χ0v) is 36.7. The van der Waals surface area contributed by atoms with Gasteiger partial charge in [-0.25, -0.2) is 4.79 Å². The van der Waals surface area contributed by atoms with Crippen LogP contribution >= 0.6 is 0 Å². The third kappa shape index (κ3) is 8.32. The van der Waals surface area contributed by atoms with Crippen molar-refractivity contribution in [1.29, 1.82) is 0 Å². The summed E-state index contributed by atoms with van der Waals surface area (Å²) < 4.78 is 53.2. The minimum atomic E-state index is -1.80. The molecule has 358 valence electrons. The topological polar surface area (TPSA) is 279 Å². The van der Waals surface area contributed by atoms with Crippen LogP contribution in [0.25, 0.3) is 0 Å². The van der Waals surface area contributed by atoms with Gasteiger partial charge in [-0.1, -0.05) is 13.8 Å². The van der Waals surface area contributed by atoms with Crippen molar-refractivity contribution in [2.24, 2.45) is 34.5 Å². The largest absolute Gasteiger partial charge is 0.458 e. The van der Waals surface area contributed by atoms with Crippen molar-refractivity contribution in [3.63, 3.8) is 0 Å². The molecule has 19 nitrogen and oxygen atoms in total. The maximum absolute atomic E-state index is 12.7. The van der Waals surface area contributed by atoms with Gasteiger partial charge in [0.1, 0.15) is 67.6 Å². The second-order valence-corrected chi connectivity index (χ2v) is 20.0. The number of aliphatic hydroxyl groups excluding tert-OH is 7. The fraction of sp³-hybridized carbons (Fsp3) is 0.909. The fourth-order valence-electron chi connectivity index (χ4n) is 13.3. The smallest absolute Gasteiger partial charge is 0.331 e. The Morgan fingerprint density at radius 3 is 2.14 bits per heavy atom. The second-order valence-electron chi connectivity index (χ2n) is 20.0. The lowest BCUT2D eigenvalue weighted by Crippen LogP contribution is -2.65. The van der Waals surface area contributed by atoms with Crippen LogP contribution in [0.2, 0.25) is 0 Å². The Morgan fingerprint density at radius 2 is 1.48 bits per heavy atom. The molecule has 4 aliphatic carbocycles. The highest BCUT2D eigenvalue weighted by atomic mass is 16.8. The van der Waals surface area contributed by atoms with Gasteiger partial charge in [0.2, 0.25) is 0 Å². The first-order valence-electron chi connectivity index (χ1n) is 22.7. The van der Waals surface area contributed by atoms with Crippen molar-refractivity contribution in [3.05, 3.63) is 11.6 Å². The van der Waals surface area contributed by atoms with E-state index in [9.17, 15) is 50.4 Å². The summed E-state index contributed by atoms with van der Waals surface area (Å²) in [6, 6.07) is 0. The summed E-state index contributed by atoms with van der Waals surface area (Å²) in [7, 11) is 1.40. The first-order chi connectivity index (χ1) is 29.8. The molecule has 8 N–H and O–H groups in total. The van der Waals surface area contributed by atoms with Gasteiger partial charge >= 0.3 is 11.9 Å². The predicted octanol–water partition coefficient (Wildman–Crippen LogP) is -0.671. The first-order valence-corrected chi connectivity index (χ1v) is 22.7. The van der Waals surface area contributed by atoms with Crippen LogP contribution in [0, 0.1) is 34.5 Å². The van der Waals surface area contributed by atoms with E-state index in [1.54, 1.807) is 13.0 Å². The molecular formula is C44H68O19. The molecule has 63 heavy (non-hydrogen) atoms. The number of methoxy groups -OCH3 is 1. The van der Waals surface area contributed by atoms with Gasteiger partial charge < -0.3 is 83.5 Å². The van der Waals surface area contributed by atoms with Gasteiger partial charge in [0.15, 0.2) is 25.0 Å². The van der Waals surface area contributed by atoms with Gasteiger partial charge in [-0.15, -0.1) is 0 Å². The Hall–Kier alpha value is -1.92. The standard InChI is InChI=1S/C44H68O19/c1-19-36(63-40-35(53)33(51)31(49)28(62-40)18-57-39-34(52)32(50)30(48)27(16-45)61-39)37(55-5)38(59-20(2)46)41(58-19)60-23-8-11-42(3)22(15-23)6-7-26-25(42)9-12-43(4)24(10-13-44(26,43)54)21-14-29(47)56-17-21/h14,19,22-28,30-41,45,48-54H,6-13,15-18H2,1-5H3. The summed E-state index contributed by atoms with van der Waals surface area (Å²) in [6.07, 6.45) is -12.2. The Labute approximate surface area is 366 Å². The minimum absolute atomic E-state index is 0.0235. The molecule has 4 heterocycles. The number of ether oxygens (including phenoxy) is 9. The van der Waals surface area contributed by atoms with E-state index in [4.69, 9.17) is 42.6 Å². The molecule has 7 fully saturated rings. The number of aliphatic hydroxyl groups is 8. The molecule has 3 saturated heterocycles. The predicted molar refractivity (Wildman–Crippen MR) is 213 cm³/mol. The van der Waals surface area contributed by atoms with Crippen molar-refractivity contribution < 1.29 is 93.1 Å². The van der Waals surface area contributed by atoms with Crippen LogP contribution in [-0.4, -0.2) is 184 Å². The van der Waals surface area contributed by atoms with E-state index in [1.807, 2.05) is 0 Å². The molecule has 0 spiro atoms. The zero-order valence-electron chi connectivity index (χ0n) is 36.7. The average Bonchev–Trinajstić information content (AvgIpc) is 3.80. The van der Waals surface area contributed by atoms with Crippen LogP contribution in [-0.2, 0) is 52.2 Å². The maximum atomic E-state index is 12.7. The van der Waals surface area contributed by atoms with Crippen LogP contribution in [0.4, 0.5) is 0 Å². The SMILES string of the molecule is COC1C(OC2OC(COC3OC(CO)C(O)C(O)C3O)C(O)C(O)C2O)C(C)OC(OC2CCC3(C)C(CCC4C3CCC3(C)C(C5=CC(=O)OC5)CCC43O)C2)C1OC(C)=O. The van der Waals surface area contributed by atoms with Crippen molar-refractivity contribution in [3.8, 4) is 0 Å². The third-order valence-corrected chi connectivity index (χ3v) is 16.8. The van der Waals surface area contributed by atoms with Crippen LogP contribution in [0.1, 0.15) is 85.5 Å². The molecule has 23 atom stereocenters. The van der Waals surface area contributed by atoms with Crippen molar-refractivity contribution in [2.45, 2.75) is 189 Å². The Morgan fingerprint density at radius 1 is 0.778 bits per heavy atom. The number of rotatable bonds is 11.